The molecule has 1 aliphatic carbocycles. The fraction of sp³-hybridized carbons (Fsp3) is 0.435. The monoisotopic (exact) mass is 399 g/mol. The Labute approximate surface area is 168 Å². The van der Waals surface area contributed by atoms with Gasteiger partial charge >= 0.3 is 0 Å². The smallest absolute Gasteiger partial charge is 0.221 e. The number of benzene rings is 2. The van der Waals surface area contributed by atoms with Crippen LogP contribution in [0.15, 0.2) is 53.4 Å². The van der Waals surface area contributed by atoms with Crippen molar-refractivity contribution in [2.75, 3.05) is 5.75 Å². The SMILES string of the molecule is CC(C)(C)C(NC(=O)CCS(=O)(=O)c1ccc2c(c1)CCC2)c1ccccc1. The van der Waals surface area contributed by atoms with Gasteiger partial charge in [0.05, 0.1) is 16.7 Å². The first-order valence-corrected chi connectivity index (χ1v) is 11.5. The minimum absolute atomic E-state index is 0.0428. The van der Waals surface area contributed by atoms with Gasteiger partial charge in [-0.3, -0.25) is 4.79 Å². The molecule has 0 saturated heterocycles. The lowest BCUT2D eigenvalue weighted by Crippen LogP contribution is -2.37. The van der Waals surface area contributed by atoms with Gasteiger partial charge in [-0.25, -0.2) is 8.42 Å². The number of carbonyl (C=O) groups excluding carboxylic acids is 1. The summed E-state index contributed by atoms with van der Waals surface area (Å²) in [6.07, 6.45) is 2.99. The maximum atomic E-state index is 12.7. The van der Waals surface area contributed by atoms with Gasteiger partial charge in [0, 0.05) is 6.42 Å². The molecule has 2 aromatic carbocycles. The predicted octanol–water partition coefficient (Wildman–Crippen LogP) is 4.24. The van der Waals surface area contributed by atoms with Crippen molar-refractivity contribution < 1.29 is 13.2 Å². The van der Waals surface area contributed by atoms with Gasteiger partial charge in [0.15, 0.2) is 9.84 Å². The molecule has 3 rings (SSSR count). The van der Waals surface area contributed by atoms with Crippen molar-refractivity contribution in [1.29, 1.82) is 0 Å². The van der Waals surface area contributed by atoms with Gasteiger partial charge in [-0.05, 0) is 53.5 Å². The molecule has 1 N–H and O–H groups in total. The highest BCUT2D eigenvalue weighted by atomic mass is 32.2. The Morgan fingerprint density at radius 1 is 1.04 bits per heavy atom. The van der Waals surface area contributed by atoms with Crippen LogP contribution in [0.3, 0.4) is 0 Å². The highest BCUT2D eigenvalue weighted by Gasteiger charge is 2.28. The number of fused-ring (bicyclic) bond motifs is 1. The molecule has 2 aromatic rings. The van der Waals surface area contributed by atoms with Crippen molar-refractivity contribution in [3.63, 3.8) is 0 Å². The molecule has 0 heterocycles. The van der Waals surface area contributed by atoms with Crippen LogP contribution in [0.1, 0.15) is 56.3 Å². The van der Waals surface area contributed by atoms with E-state index < -0.39 is 9.84 Å². The van der Waals surface area contributed by atoms with E-state index in [-0.39, 0.29) is 29.5 Å². The second-order valence-electron chi connectivity index (χ2n) is 8.63. The van der Waals surface area contributed by atoms with Crippen molar-refractivity contribution in [3.05, 3.63) is 65.2 Å². The predicted molar refractivity (Wildman–Crippen MR) is 112 cm³/mol. The minimum Gasteiger partial charge on any atom is -0.349 e. The lowest BCUT2D eigenvalue weighted by Gasteiger charge is -2.32. The van der Waals surface area contributed by atoms with E-state index >= 15 is 0 Å². The van der Waals surface area contributed by atoms with Crippen LogP contribution in [0.25, 0.3) is 0 Å². The van der Waals surface area contributed by atoms with Crippen LogP contribution in [0.5, 0.6) is 0 Å². The number of nitrogens with one attached hydrogen (secondary N) is 1. The van der Waals surface area contributed by atoms with Gasteiger partial charge in [0.25, 0.3) is 0 Å². The van der Waals surface area contributed by atoms with Gasteiger partial charge in [0.1, 0.15) is 0 Å². The van der Waals surface area contributed by atoms with Crippen LogP contribution < -0.4 is 5.32 Å². The summed E-state index contributed by atoms with van der Waals surface area (Å²) in [5.41, 5.74) is 3.20. The Morgan fingerprint density at radius 2 is 1.71 bits per heavy atom. The lowest BCUT2D eigenvalue weighted by atomic mass is 9.82. The summed E-state index contributed by atoms with van der Waals surface area (Å²) in [6, 6.07) is 15.0. The van der Waals surface area contributed by atoms with Gasteiger partial charge in [-0.15, -0.1) is 0 Å². The van der Waals surface area contributed by atoms with Crippen LogP contribution in [0, 0.1) is 5.41 Å². The molecule has 1 aliphatic rings. The van der Waals surface area contributed by atoms with E-state index in [0.717, 1.165) is 30.4 Å². The molecule has 28 heavy (non-hydrogen) atoms. The Morgan fingerprint density at radius 3 is 2.39 bits per heavy atom. The average molecular weight is 400 g/mol. The van der Waals surface area contributed by atoms with Crippen molar-refractivity contribution >= 4 is 15.7 Å². The van der Waals surface area contributed by atoms with Gasteiger partial charge in [-0.1, -0.05) is 57.2 Å². The van der Waals surface area contributed by atoms with Crippen LogP contribution in [0.2, 0.25) is 0 Å². The second-order valence-corrected chi connectivity index (χ2v) is 10.7. The molecule has 0 aromatic heterocycles. The number of carbonyl (C=O) groups is 1. The number of aryl methyl sites for hydroxylation is 2. The number of hydrogen-bond donors (Lipinski definition) is 1. The first kappa shape index (κ1) is 20.6. The van der Waals surface area contributed by atoms with E-state index in [1.165, 1.54) is 5.56 Å². The first-order chi connectivity index (χ1) is 13.2. The maximum absolute atomic E-state index is 12.7. The summed E-state index contributed by atoms with van der Waals surface area (Å²) in [7, 11) is -3.47. The van der Waals surface area contributed by atoms with Crippen molar-refractivity contribution in [2.45, 2.75) is 57.4 Å². The number of sulfone groups is 1. The zero-order chi connectivity index (χ0) is 20.4. The molecule has 4 nitrogen and oxygen atoms in total. The molecule has 150 valence electrons. The number of hydrogen-bond acceptors (Lipinski definition) is 3. The molecule has 1 unspecified atom stereocenters. The van der Waals surface area contributed by atoms with E-state index in [4.69, 9.17) is 0 Å². The van der Waals surface area contributed by atoms with Gasteiger partial charge < -0.3 is 5.32 Å². The first-order valence-electron chi connectivity index (χ1n) is 9.86. The average Bonchev–Trinajstić information content (AvgIpc) is 3.12. The van der Waals surface area contributed by atoms with E-state index in [9.17, 15) is 13.2 Å². The summed E-state index contributed by atoms with van der Waals surface area (Å²) < 4.78 is 25.4. The Hall–Kier alpha value is -2.14. The van der Waals surface area contributed by atoms with Crippen molar-refractivity contribution in [1.82, 2.24) is 5.32 Å². The van der Waals surface area contributed by atoms with E-state index in [1.807, 2.05) is 36.4 Å². The molecule has 1 atom stereocenters. The highest BCUT2D eigenvalue weighted by Crippen LogP contribution is 2.32. The van der Waals surface area contributed by atoms with E-state index in [0.29, 0.717) is 4.90 Å². The third-order valence-electron chi connectivity index (χ3n) is 5.33. The summed E-state index contributed by atoms with van der Waals surface area (Å²) in [5, 5.41) is 3.04. The fourth-order valence-corrected chi connectivity index (χ4v) is 5.05. The highest BCUT2D eigenvalue weighted by molar-refractivity contribution is 7.91. The van der Waals surface area contributed by atoms with Crippen LogP contribution in [-0.4, -0.2) is 20.1 Å². The van der Waals surface area contributed by atoms with Crippen molar-refractivity contribution in [3.8, 4) is 0 Å². The maximum Gasteiger partial charge on any atom is 0.221 e. The molecular formula is C23H29NO3S. The normalized spacial score (nSPS) is 15.1. The largest absolute Gasteiger partial charge is 0.349 e. The molecule has 0 spiro atoms. The van der Waals surface area contributed by atoms with E-state index in [2.05, 4.69) is 26.1 Å². The zero-order valence-corrected chi connectivity index (χ0v) is 17.7. The summed E-state index contributed by atoms with van der Waals surface area (Å²) in [5.74, 6) is -0.419. The number of amides is 1. The van der Waals surface area contributed by atoms with Crippen molar-refractivity contribution in [2.24, 2.45) is 5.41 Å². The molecular weight excluding hydrogens is 370 g/mol. The Bertz CT molecular complexity index is 944. The summed E-state index contributed by atoms with van der Waals surface area (Å²) in [4.78, 5) is 12.9. The molecule has 5 heteroatoms. The third-order valence-corrected chi connectivity index (χ3v) is 7.04. The molecule has 0 saturated carbocycles. The van der Waals surface area contributed by atoms with Gasteiger partial charge in [-0.2, -0.15) is 0 Å². The minimum atomic E-state index is -3.47. The fourth-order valence-electron chi connectivity index (χ4n) is 3.77. The second kappa shape index (κ2) is 8.08. The molecule has 1 amide bonds. The summed E-state index contributed by atoms with van der Waals surface area (Å²) in [6.45, 7) is 6.19. The quantitative estimate of drug-likeness (QED) is 0.790. The zero-order valence-electron chi connectivity index (χ0n) is 16.9. The standard InChI is InChI=1S/C23H29NO3S/c1-23(2,3)22(18-8-5-4-6-9-18)24-21(25)14-15-28(26,27)20-13-12-17-10-7-11-19(17)16-20/h4-6,8-9,12-13,16,22H,7,10-11,14-15H2,1-3H3,(H,24,25). The Kier molecular flexibility index (Phi) is 5.94. The van der Waals surface area contributed by atoms with Crippen LogP contribution in [-0.2, 0) is 27.5 Å². The molecule has 0 radical (unpaired) electrons. The lowest BCUT2D eigenvalue weighted by molar-refractivity contribution is -0.122. The number of rotatable bonds is 6. The molecule has 0 aliphatic heterocycles. The molecule has 0 fully saturated rings. The summed E-state index contributed by atoms with van der Waals surface area (Å²) >= 11 is 0. The van der Waals surface area contributed by atoms with E-state index in [1.54, 1.807) is 12.1 Å². The topological polar surface area (TPSA) is 63.2 Å². The Balaban J connectivity index is 1.67. The van der Waals surface area contributed by atoms with Crippen LogP contribution in [0.4, 0.5) is 0 Å². The van der Waals surface area contributed by atoms with Crippen LogP contribution >= 0.6 is 0 Å². The third kappa shape index (κ3) is 4.82. The molecule has 0 bridgehead atoms. The van der Waals surface area contributed by atoms with Gasteiger partial charge in [0.2, 0.25) is 5.91 Å².